The Bertz CT molecular complexity index is 396. The minimum atomic E-state index is -7.36. The van der Waals surface area contributed by atoms with Crippen LogP contribution in [0.15, 0.2) is 0 Å². The van der Waals surface area contributed by atoms with Gasteiger partial charge in [0.2, 0.25) is 0 Å². The average molecular weight is 372 g/mol. The molecule has 0 aliphatic rings. The quantitative estimate of drug-likeness (QED) is 0.610. The number of alkyl halides is 11. The van der Waals surface area contributed by atoms with Gasteiger partial charge in [0.1, 0.15) is 0 Å². The Morgan fingerprint density at radius 1 is 0.652 bits per heavy atom. The molecule has 0 amide bonds. The molecule has 0 aliphatic heterocycles. The van der Waals surface area contributed by atoms with Crippen LogP contribution in [-0.2, 0) is 0 Å². The molecule has 0 saturated carbocycles. The molecule has 2 N–H and O–H groups in total. The van der Waals surface area contributed by atoms with Gasteiger partial charge in [-0.15, -0.1) is 0 Å². The third-order valence-corrected chi connectivity index (χ3v) is 2.87. The normalized spacial score (nSPS) is 16.6. The van der Waals surface area contributed by atoms with E-state index in [0.717, 1.165) is 0 Å². The van der Waals surface area contributed by atoms with Crippen LogP contribution in [0.25, 0.3) is 0 Å². The molecule has 0 bridgehead atoms. The van der Waals surface area contributed by atoms with Crippen LogP contribution in [0.1, 0.15) is 12.8 Å². The SMILES string of the molecule is OCCC(F)C(F)(F)C(F)(F)C(F)(F)C(F)(F)C(F)(F)CCO. The Labute approximate surface area is 121 Å². The van der Waals surface area contributed by atoms with E-state index < -0.39 is 61.8 Å². The highest BCUT2D eigenvalue weighted by molar-refractivity contribution is 5.09. The number of rotatable bonds is 9. The van der Waals surface area contributed by atoms with Crippen molar-refractivity contribution >= 4 is 0 Å². The smallest absolute Gasteiger partial charge is 0.384 e. The molecule has 0 aliphatic carbocycles. The number of hydrogen-bond acceptors (Lipinski definition) is 2. The van der Waals surface area contributed by atoms with Crippen molar-refractivity contribution in [2.45, 2.75) is 48.6 Å². The molecule has 0 aromatic heterocycles. The van der Waals surface area contributed by atoms with Gasteiger partial charge >= 0.3 is 29.6 Å². The fourth-order valence-electron chi connectivity index (χ4n) is 1.42. The molecule has 1 unspecified atom stereocenters. The summed E-state index contributed by atoms with van der Waals surface area (Å²) in [6, 6.07) is 0. The van der Waals surface area contributed by atoms with Crippen molar-refractivity contribution in [3.8, 4) is 0 Å². The Balaban J connectivity index is 5.96. The number of aliphatic hydroxyl groups is 2. The molecule has 13 heteroatoms. The van der Waals surface area contributed by atoms with Crippen molar-refractivity contribution in [2.24, 2.45) is 0 Å². The summed E-state index contributed by atoms with van der Waals surface area (Å²) >= 11 is 0. The first-order chi connectivity index (χ1) is 10.0. The third-order valence-electron chi connectivity index (χ3n) is 2.87. The molecule has 0 rings (SSSR count). The molecule has 0 spiro atoms. The second-order valence-corrected chi connectivity index (χ2v) is 4.50. The third kappa shape index (κ3) is 3.35. The van der Waals surface area contributed by atoms with Gasteiger partial charge in [-0.25, -0.2) is 4.39 Å². The zero-order valence-electron chi connectivity index (χ0n) is 11.0. The van der Waals surface area contributed by atoms with Crippen LogP contribution in [0.3, 0.4) is 0 Å². The molecule has 0 radical (unpaired) electrons. The second kappa shape index (κ2) is 6.57. The van der Waals surface area contributed by atoms with Crippen molar-refractivity contribution < 1.29 is 58.5 Å². The van der Waals surface area contributed by atoms with E-state index in [2.05, 4.69) is 0 Å². The van der Waals surface area contributed by atoms with Crippen LogP contribution >= 0.6 is 0 Å². The monoisotopic (exact) mass is 372 g/mol. The number of aliphatic hydroxyl groups excluding tert-OH is 2. The Hall–Kier alpha value is -0.850. The fraction of sp³-hybridized carbons (Fsp3) is 1.00. The van der Waals surface area contributed by atoms with Gasteiger partial charge in [0, 0.05) is 26.1 Å². The highest BCUT2D eigenvalue weighted by atomic mass is 19.4. The molecule has 0 aromatic carbocycles. The minimum absolute atomic E-state index is 1.52. The molecule has 2 nitrogen and oxygen atoms in total. The Morgan fingerprint density at radius 3 is 1.43 bits per heavy atom. The van der Waals surface area contributed by atoms with E-state index in [1.807, 2.05) is 0 Å². The molecule has 0 aromatic rings. The maximum Gasteiger partial charge on any atom is 0.384 e. The standard InChI is InChI=1S/C10H11F11O2/c11-5(1-3-22)7(14,15)9(18,19)10(20,21)8(16,17)6(12,13)2-4-23/h5,22-23H,1-4H2. The Kier molecular flexibility index (Phi) is 6.33. The molecule has 23 heavy (non-hydrogen) atoms. The van der Waals surface area contributed by atoms with Gasteiger partial charge in [-0.1, -0.05) is 0 Å². The maximum absolute atomic E-state index is 13.1. The van der Waals surface area contributed by atoms with E-state index in [1.165, 1.54) is 0 Å². The van der Waals surface area contributed by atoms with E-state index in [9.17, 15) is 48.3 Å². The summed E-state index contributed by atoms with van der Waals surface area (Å²) in [6.07, 6.45) is -8.44. The van der Waals surface area contributed by atoms with Crippen LogP contribution in [0, 0.1) is 0 Å². The summed E-state index contributed by atoms with van der Waals surface area (Å²) in [5.74, 6) is -34.0. The summed E-state index contributed by atoms with van der Waals surface area (Å²) in [4.78, 5) is 0. The first-order valence-electron chi connectivity index (χ1n) is 5.79. The summed E-state index contributed by atoms with van der Waals surface area (Å²) in [7, 11) is 0. The maximum atomic E-state index is 13.1. The zero-order chi connectivity index (χ0) is 18.9. The first kappa shape index (κ1) is 22.1. The Morgan fingerprint density at radius 2 is 1.09 bits per heavy atom. The first-order valence-corrected chi connectivity index (χ1v) is 5.79. The molecule has 0 heterocycles. The van der Waals surface area contributed by atoms with Crippen LogP contribution in [0.4, 0.5) is 48.3 Å². The number of halogens is 11. The molecule has 0 fully saturated rings. The van der Waals surface area contributed by atoms with Gasteiger partial charge in [-0.3, -0.25) is 0 Å². The molecule has 140 valence electrons. The average Bonchev–Trinajstić information content (AvgIpc) is 2.37. The van der Waals surface area contributed by atoms with Crippen LogP contribution in [0.2, 0.25) is 0 Å². The van der Waals surface area contributed by atoms with E-state index in [4.69, 9.17) is 10.2 Å². The van der Waals surface area contributed by atoms with Gasteiger partial charge in [-0.05, 0) is 0 Å². The summed E-state index contributed by atoms with van der Waals surface area (Å²) in [6.45, 7) is -3.35. The summed E-state index contributed by atoms with van der Waals surface area (Å²) in [5, 5.41) is 16.2. The van der Waals surface area contributed by atoms with Crippen LogP contribution in [0.5, 0.6) is 0 Å². The van der Waals surface area contributed by atoms with Crippen molar-refractivity contribution in [2.75, 3.05) is 13.2 Å². The van der Waals surface area contributed by atoms with E-state index in [1.54, 1.807) is 0 Å². The van der Waals surface area contributed by atoms with Crippen molar-refractivity contribution in [1.82, 2.24) is 0 Å². The molecule has 0 saturated heterocycles. The lowest BCUT2D eigenvalue weighted by atomic mass is 9.90. The van der Waals surface area contributed by atoms with Gasteiger partial charge in [0.05, 0.1) is 0 Å². The lowest BCUT2D eigenvalue weighted by Crippen LogP contribution is -2.69. The fourth-order valence-corrected chi connectivity index (χ4v) is 1.42. The van der Waals surface area contributed by atoms with Gasteiger partial charge in [-0.2, -0.15) is 43.9 Å². The topological polar surface area (TPSA) is 40.5 Å². The second-order valence-electron chi connectivity index (χ2n) is 4.50. The largest absolute Gasteiger partial charge is 0.396 e. The zero-order valence-corrected chi connectivity index (χ0v) is 11.0. The highest BCUT2D eigenvalue weighted by Crippen LogP contribution is 2.58. The minimum Gasteiger partial charge on any atom is -0.396 e. The van der Waals surface area contributed by atoms with Crippen LogP contribution in [-0.4, -0.2) is 59.2 Å². The predicted octanol–water partition coefficient (Wildman–Crippen LogP) is 3.27. The molecule has 1 atom stereocenters. The summed E-state index contributed by atoms with van der Waals surface area (Å²) in [5.41, 5.74) is 0. The van der Waals surface area contributed by atoms with Crippen molar-refractivity contribution in [3.05, 3.63) is 0 Å². The van der Waals surface area contributed by atoms with Crippen molar-refractivity contribution in [1.29, 1.82) is 0 Å². The van der Waals surface area contributed by atoms with E-state index in [-0.39, 0.29) is 0 Å². The van der Waals surface area contributed by atoms with Gasteiger partial charge in [0.25, 0.3) is 0 Å². The van der Waals surface area contributed by atoms with Gasteiger partial charge in [0.15, 0.2) is 6.17 Å². The van der Waals surface area contributed by atoms with E-state index >= 15 is 0 Å². The summed E-state index contributed by atoms with van der Waals surface area (Å²) < 4.78 is 143. The highest BCUT2D eigenvalue weighted by Gasteiger charge is 2.86. The molecular formula is C10H11F11O2. The van der Waals surface area contributed by atoms with Gasteiger partial charge < -0.3 is 10.2 Å². The predicted molar refractivity (Wildman–Crippen MR) is 53.0 cm³/mol. The van der Waals surface area contributed by atoms with Crippen LogP contribution < -0.4 is 0 Å². The van der Waals surface area contributed by atoms with Crippen molar-refractivity contribution in [3.63, 3.8) is 0 Å². The molecular weight excluding hydrogens is 361 g/mol. The lowest BCUT2D eigenvalue weighted by Gasteiger charge is -2.40. The number of hydrogen-bond donors (Lipinski definition) is 2. The van der Waals surface area contributed by atoms with E-state index in [0.29, 0.717) is 0 Å². The lowest BCUT2D eigenvalue weighted by molar-refractivity contribution is -0.408.